The maximum absolute atomic E-state index is 11.5. The Bertz CT molecular complexity index is 441. The van der Waals surface area contributed by atoms with E-state index in [1.54, 1.807) is 18.2 Å². The van der Waals surface area contributed by atoms with Crippen LogP contribution in [0.25, 0.3) is 0 Å². The molecule has 84 valence electrons. The van der Waals surface area contributed by atoms with Gasteiger partial charge in [0, 0.05) is 5.69 Å². The van der Waals surface area contributed by atoms with E-state index in [9.17, 15) is 8.42 Å². The van der Waals surface area contributed by atoms with Gasteiger partial charge in [0.1, 0.15) is 0 Å². The van der Waals surface area contributed by atoms with Crippen molar-refractivity contribution in [2.24, 2.45) is 0 Å². The molecule has 15 heavy (non-hydrogen) atoms. The number of anilines is 2. The van der Waals surface area contributed by atoms with Crippen LogP contribution in [-0.4, -0.2) is 14.2 Å². The van der Waals surface area contributed by atoms with Gasteiger partial charge in [-0.3, -0.25) is 4.72 Å². The molecule has 0 aromatic heterocycles. The summed E-state index contributed by atoms with van der Waals surface area (Å²) in [4.78, 5) is 0. The van der Waals surface area contributed by atoms with Gasteiger partial charge in [-0.25, -0.2) is 8.42 Å². The fourth-order valence-electron chi connectivity index (χ4n) is 1.29. The molecule has 3 N–H and O–H groups in total. The number of hydrogen-bond acceptors (Lipinski definition) is 3. The number of aryl methyl sites for hydroxylation is 1. The molecule has 0 saturated heterocycles. The average Bonchev–Trinajstić information content (AvgIpc) is 2.09. The molecule has 0 unspecified atom stereocenters. The van der Waals surface area contributed by atoms with Crippen molar-refractivity contribution in [3.63, 3.8) is 0 Å². The Kier molecular flexibility index (Phi) is 3.57. The molecule has 0 amide bonds. The van der Waals surface area contributed by atoms with Crippen molar-refractivity contribution in [3.8, 4) is 0 Å². The average molecular weight is 228 g/mol. The maximum Gasteiger partial charge on any atom is 0.232 e. The van der Waals surface area contributed by atoms with Gasteiger partial charge in [-0.2, -0.15) is 0 Å². The number of nitrogens with two attached hydrogens (primary N) is 1. The minimum atomic E-state index is -3.21. The van der Waals surface area contributed by atoms with Gasteiger partial charge in [-0.15, -0.1) is 0 Å². The van der Waals surface area contributed by atoms with Crippen LogP contribution in [0, 0.1) is 6.92 Å². The van der Waals surface area contributed by atoms with Crippen molar-refractivity contribution in [1.29, 1.82) is 0 Å². The molecule has 1 aromatic rings. The standard InChI is InChI=1S/C10H16N2O2S/c1-3-6-15(13,14)12-10-5-4-9(11)7-8(10)2/h4-5,7,12H,3,6,11H2,1-2H3. The Morgan fingerprint density at radius 2 is 2.07 bits per heavy atom. The Hall–Kier alpha value is -1.23. The van der Waals surface area contributed by atoms with Crippen LogP contribution < -0.4 is 10.5 Å². The molecule has 0 aliphatic rings. The zero-order valence-electron chi connectivity index (χ0n) is 8.95. The minimum Gasteiger partial charge on any atom is -0.399 e. The number of hydrogen-bond donors (Lipinski definition) is 2. The number of sulfonamides is 1. The monoisotopic (exact) mass is 228 g/mol. The lowest BCUT2D eigenvalue weighted by molar-refractivity contribution is 0.600. The maximum atomic E-state index is 11.5. The summed E-state index contributed by atoms with van der Waals surface area (Å²) in [6.07, 6.45) is 0.601. The van der Waals surface area contributed by atoms with Crippen LogP contribution in [0.1, 0.15) is 18.9 Å². The predicted molar refractivity (Wildman–Crippen MR) is 63.3 cm³/mol. The van der Waals surface area contributed by atoms with Crippen LogP contribution in [0.5, 0.6) is 0 Å². The largest absolute Gasteiger partial charge is 0.399 e. The van der Waals surface area contributed by atoms with Crippen molar-refractivity contribution in [3.05, 3.63) is 23.8 Å². The summed E-state index contributed by atoms with van der Waals surface area (Å²) in [6.45, 7) is 3.65. The second kappa shape index (κ2) is 4.53. The van der Waals surface area contributed by atoms with Crippen LogP contribution >= 0.6 is 0 Å². The van der Waals surface area contributed by atoms with E-state index in [-0.39, 0.29) is 5.75 Å². The van der Waals surface area contributed by atoms with E-state index in [2.05, 4.69) is 4.72 Å². The molecule has 0 spiro atoms. The molecule has 4 nitrogen and oxygen atoms in total. The quantitative estimate of drug-likeness (QED) is 0.771. The molecular weight excluding hydrogens is 212 g/mol. The van der Waals surface area contributed by atoms with E-state index >= 15 is 0 Å². The van der Waals surface area contributed by atoms with Crippen molar-refractivity contribution in [2.45, 2.75) is 20.3 Å². The fraction of sp³-hybridized carbons (Fsp3) is 0.400. The number of rotatable bonds is 4. The van der Waals surface area contributed by atoms with Gasteiger partial charge in [0.05, 0.1) is 11.4 Å². The molecule has 0 aliphatic carbocycles. The highest BCUT2D eigenvalue weighted by atomic mass is 32.2. The Morgan fingerprint density at radius 1 is 1.40 bits per heavy atom. The zero-order chi connectivity index (χ0) is 11.5. The first-order valence-corrected chi connectivity index (χ1v) is 6.46. The summed E-state index contributed by atoms with van der Waals surface area (Å²) in [7, 11) is -3.21. The van der Waals surface area contributed by atoms with Gasteiger partial charge >= 0.3 is 0 Å². The fourth-order valence-corrected chi connectivity index (χ4v) is 2.49. The van der Waals surface area contributed by atoms with E-state index in [0.29, 0.717) is 17.8 Å². The Balaban J connectivity index is 2.90. The molecule has 0 bridgehead atoms. The summed E-state index contributed by atoms with van der Waals surface area (Å²) in [5.41, 5.74) is 7.63. The highest BCUT2D eigenvalue weighted by molar-refractivity contribution is 7.92. The van der Waals surface area contributed by atoms with Gasteiger partial charge in [0.25, 0.3) is 0 Å². The lowest BCUT2D eigenvalue weighted by Gasteiger charge is -2.10. The van der Waals surface area contributed by atoms with Gasteiger partial charge in [0.15, 0.2) is 0 Å². The Morgan fingerprint density at radius 3 is 2.60 bits per heavy atom. The summed E-state index contributed by atoms with van der Waals surface area (Å²) in [5, 5.41) is 0. The van der Waals surface area contributed by atoms with E-state index in [1.165, 1.54) is 0 Å². The minimum absolute atomic E-state index is 0.136. The van der Waals surface area contributed by atoms with Crippen molar-refractivity contribution < 1.29 is 8.42 Å². The predicted octanol–water partition coefficient (Wildman–Crippen LogP) is 1.73. The molecule has 0 aliphatic heterocycles. The topological polar surface area (TPSA) is 72.2 Å². The smallest absolute Gasteiger partial charge is 0.232 e. The molecule has 1 aromatic carbocycles. The van der Waals surface area contributed by atoms with Crippen LogP contribution in [-0.2, 0) is 10.0 Å². The third kappa shape index (κ3) is 3.43. The van der Waals surface area contributed by atoms with Crippen molar-refractivity contribution >= 4 is 21.4 Å². The third-order valence-corrected chi connectivity index (χ3v) is 3.47. The molecule has 5 heteroatoms. The SMILES string of the molecule is CCCS(=O)(=O)Nc1ccc(N)cc1C. The van der Waals surface area contributed by atoms with Gasteiger partial charge in [-0.05, 0) is 37.1 Å². The van der Waals surface area contributed by atoms with E-state index in [0.717, 1.165) is 5.56 Å². The molecule has 0 fully saturated rings. The summed E-state index contributed by atoms with van der Waals surface area (Å²) in [6, 6.07) is 5.10. The molecule has 0 saturated carbocycles. The van der Waals surface area contributed by atoms with Crippen LogP contribution in [0.15, 0.2) is 18.2 Å². The lowest BCUT2D eigenvalue weighted by Crippen LogP contribution is -2.16. The van der Waals surface area contributed by atoms with Gasteiger partial charge in [-0.1, -0.05) is 6.92 Å². The third-order valence-electron chi connectivity index (χ3n) is 1.99. The van der Waals surface area contributed by atoms with Crippen molar-refractivity contribution in [2.75, 3.05) is 16.2 Å². The number of nitrogens with one attached hydrogen (secondary N) is 1. The van der Waals surface area contributed by atoms with Crippen LogP contribution in [0.2, 0.25) is 0 Å². The van der Waals surface area contributed by atoms with Crippen LogP contribution in [0.4, 0.5) is 11.4 Å². The van der Waals surface area contributed by atoms with E-state index < -0.39 is 10.0 Å². The highest BCUT2D eigenvalue weighted by Gasteiger charge is 2.09. The summed E-state index contributed by atoms with van der Waals surface area (Å²) < 4.78 is 25.5. The second-order valence-corrected chi connectivity index (χ2v) is 5.34. The highest BCUT2D eigenvalue weighted by Crippen LogP contribution is 2.18. The van der Waals surface area contributed by atoms with E-state index in [4.69, 9.17) is 5.73 Å². The molecule has 0 atom stereocenters. The van der Waals surface area contributed by atoms with Gasteiger partial charge in [0.2, 0.25) is 10.0 Å². The first-order chi connectivity index (χ1) is 6.94. The lowest BCUT2D eigenvalue weighted by atomic mass is 10.2. The summed E-state index contributed by atoms with van der Waals surface area (Å²) in [5.74, 6) is 0.136. The van der Waals surface area contributed by atoms with Gasteiger partial charge < -0.3 is 5.73 Å². The zero-order valence-corrected chi connectivity index (χ0v) is 9.76. The molecule has 1 rings (SSSR count). The molecule has 0 heterocycles. The molecular formula is C10H16N2O2S. The normalized spacial score (nSPS) is 11.3. The first-order valence-electron chi connectivity index (χ1n) is 4.81. The Labute approximate surface area is 90.5 Å². The van der Waals surface area contributed by atoms with E-state index in [1.807, 2.05) is 13.8 Å². The number of nitrogen functional groups attached to an aromatic ring is 1. The number of benzene rings is 1. The summed E-state index contributed by atoms with van der Waals surface area (Å²) >= 11 is 0. The first kappa shape index (κ1) is 11.8. The van der Waals surface area contributed by atoms with Crippen LogP contribution in [0.3, 0.4) is 0 Å². The molecule has 0 radical (unpaired) electrons. The van der Waals surface area contributed by atoms with Crippen molar-refractivity contribution in [1.82, 2.24) is 0 Å². The second-order valence-electron chi connectivity index (χ2n) is 3.50.